The van der Waals surface area contributed by atoms with Crippen molar-refractivity contribution >= 4 is 0 Å². The van der Waals surface area contributed by atoms with Gasteiger partial charge in [0.1, 0.15) is 0 Å². The summed E-state index contributed by atoms with van der Waals surface area (Å²) in [6, 6.07) is 0. The minimum absolute atomic E-state index is 0.437. The summed E-state index contributed by atoms with van der Waals surface area (Å²) < 4.78 is 0. The highest BCUT2D eigenvalue weighted by Gasteiger charge is 2.48. The molecule has 0 bridgehead atoms. The maximum atomic E-state index is 10.3. The van der Waals surface area contributed by atoms with Crippen molar-refractivity contribution in [3.05, 3.63) is 11.6 Å². The molecule has 0 amide bonds. The average molecular weight is 276 g/mol. The molecule has 1 nitrogen and oxygen atoms in total. The summed E-state index contributed by atoms with van der Waals surface area (Å²) in [6.45, 7) is 9.39. The lowest BCUT2D eigenvalue weighted by molar-refractivity contribution is -0.0278. The first kappa shape index (κ1) is 14.6. The largest absolute Gasteiger partial charge is 0.390 e. The molecule has 2 saturated carbocycles. The van der Waals surface area contributed by atoms with Gasteiger partial charge >= 0.3 is 0 Å². The third kappa shape index (κ3) is 2.36. The van der Waals surface area contributed by atoms with Gasteiger partial charge in [-0.25, -0.2) is 0 Å². The Morgan fingerprint density at radius 3 is 2.60 bits per heavy atom. The maximum absolute atomic E-state index is 10.3. The summed E-state index contributed by atoms with van der Waals surface area (Å²) in [5, 5.41) is 10.3. The zero-order valence-corrected chi connectivity index (χ0v) is 13.8. The van der Waals surface area contributed by atoms with E-state index >= 15 is 0 Å². The van der Waals surface area contributed by atoms with Crippen molar-refractivity contribution < 1.29 is 5.11 Å². The number of hydrogen-bond acceptors (Lipinski definition) is 1. The topological polar surface area (TPSA) is 20.2 Å². The van der Waals surface area contributed by atoms with Crippen molar-refractivity contribution in [2.45, 2.75) is 78.2 Å². The summed E-state index contributed by atoms with van der Waals surface area (Å²) in [7, 11) is 0. The van der Waals surface area contributed by atoms with Crippen molar-refractivity contribution in [1.82, 2.24) is 0 Å². The second kappa shape index (κ2) is 4.87. The highest BCUT2D eigenvalue weighted by atomic mass is 16.3. The number of rotatable bonds is 1. The summed E-state index contributed by atoms with van der Waals surface area (Å²) in [4.78, 5) is 0. The first-order valence-electron chi connectivity index (χ1n) is 8.75. The second-order valence-electron chi connectivity index (χ2n) is 8.70. The van der Waals surface area contributed by atoms with Crippen molar-refractivity contribution in [2.24, 2.45) is 29.1 Å². The maximum Gasteiger partial charge on any atom is 0.0657 e. The van der Waals surface area contributed by atoms with Gasteiger partial charge in [-0.15, -0.1) is 0 Å². The number of allylic oxidation sites excluding steroid dienone is 1. The van der Waals surface area contributed by atoms with Crippen LogP contribution >= 0.6 is 0 Å². The van der Waals surface area contributed by atoms with E-state index in [2.05, 4.69) is 26.8 Å². The van der Waals surface area contributed by atoms with Crippen molar-refractivity contribution in [2.75, 3.05) is 0 Å². The highest BCUT2D eigenvalue weighted by Crippen LogP contribution is 2.57. The van der Waals surface area contributed by atoms with E-state index in [-0.39, 0.29) is 0 Å². The molecular formula is C19H32O. The van der Waals surface area contributed by atoms with Gasteiger partial charge in [-0.3, -0.25) is 0 Å². The Morgan fingerprint density at radius 2 is 1.90 bits per heavy atom. The fourth-order valence-corrected chi connectivity index (χ4v) is 5.82. The van der Waals surface area contributed by atoms with Crippen LogP contribution in [0.3, 0.4) is 0 Å². The van der Waals surface area contributed by atoms with Crippen molar-refractivity contribution in [3.8, 4) is 0 Å². The van der Waals surface area contributed by atoms with Gasteiger partial charge in [-0.05, 0) is 74.5 Å². The van der Waals surface area contributed by atoms with Crippen LogP contribution in [0.5, 0.6) is 0 Å². The molecule has 3 aliphatic carbocycles. The molecule has 0 spiro atoms. The normalized spacial score (nSPS) is 47.1. The van der Waals surface area contributed by atoms with E-state index in [4.69, 9.17) is 0 Å². The summed E-state index contributed by atoms with van der Waals surface area (Å²) in [6.07, 6.45) is 11.1. The van der Waals surface area contributed by atoms with E-state index in [0.717, 1.165) is 36.5 Å². The van der Waals surface area contributed by atoms with E-state index in [0.29, 0.717) is 5.41 Å². The van der Waals surface area contributed by atoms with E-state index < -0.39 is 5.60 Å². The van der Waals surface area contributed by atoms with Gasteiger partial charge in [0.05, 0.1) is 5.60 Å². The number of hydrogen-bond donors (Lipinski definition) is 1. The molecule has 3 rings (SSSR count). The molecule has 3 aliphatic rings. The van der Waals surface area contributed by atoms with Crippen molar-refractivity contribution in [1.29, 1.82) is 0 Å². The molecule has 1 N–H and O–H groups in total. The summed E-state index contributed by atoms with van der Waals surface area (Å²) in [5.41, 5.74) is 1.69. The van der Waals surface area contributed by atoms with Crippen LogP contribution in [-0.2, 0) is 0 Å². The lowest BCUT2D eigenvalue weighted by atomic mass is 9.51. The lowest BCUT2D eigenvalue weighted by Crippen LogP contribution is -2.46. The highest BCUT2D eigenvalue weighted by molar-refractivity contribution is 5.20. The molecule has 0 aromatic heterocycles. The Hall–Kier alpha value is -0.300. The number of aliphatic hydroxyl groups is 1. The van der Waals surface area contributed by atoms with Crippen LogP contribution in [0.1, 0.15) is 72.6 Å². The van der Waals surface area contributed by atoms with E-state index in [1.54, 1.807) is 5.57 Å². The van der Waals surface area contributed by atoms with Crippen LogP contribution in [0, 0.1) is 29.1 Å². The monoisotopic (exact) mass is 276 g/mol. The lowest BCUT2D eigenvalue weighted by Gasteiger charge is -2.54. The van der Waals surface area contributed by atoms with Crippen LogP contribution in [-0.4, -0.2) is 10.7 Å². The molecule has 0 aromatic rings. The summed E-state index contributed by atoms with van der Waals surface area (Å²) >= 11 is 0. The Labute approximate surface area is 124 Å². The van der Waals surface area contributed by atoms with Crippen LogP contribution in [0.15, 0.2) is 11.6 Å². The molecule has 0 heterocycles. The Kier molecular flexibility index (Phi) is 3.56. The molecule has 1 heteroatoms. The molecule has 20 heavy (non-hydrogen) atoms. The van der Waals surface area contributed by atoms with Crippen LogP contribution < -0.4 is 0 Å². The SMILES string of the molecule is CC[C@H]1[C@@H]2CC=C3C[C@@](C)(O)CC[C@@H]3[C@H]2CCC1(C)C. The predicted molar refractivity (Wildman–Crippen MR) is 84.4 cm³/mol. The minimum Gasteiger partial charge on any atom is -0.390 e. The first-order chi connectivity index (χ1) is 9.34. The second-order valence-corrected chi connectivity index (χ2v) is 8.70. The van der Waals surface area contributed by atoms with Gasteiger partial charge < -0.3 is 5.11 Å². The third-order valence-electron chi connectivity index (χ3n) is 6.86. The minimum atomic E-state index is -0.437. The van der Waals surface area contributed by atoms with Gasteiger partial charge in [0, 0.05) is 0 Å². The Balaban J connectivity index is 1.85. The fraction of sp³-hybridized carbons (Fsp3) is 0.895. The molecule has 114 valence electrons. The molecular weight excluding hydrogens is 244 g/mol. The van der Waals surface area contributed by atoms with Gasteiger partial charge in [0.25, 0.3) is 0 Å². The number of fused-ring (bicyclic) bond motifs is 3. The van der Waals surface area contributed by atoms with Gasteiger partial charge in [-0.1, -0.05) is 38.8 Å². The van der Waals surface area contributed by atoms with Crippen LogP contribution in [0.4, 0.5) is 0 Å². The average Bonchev–Trinajstić information content (AvgIpc) is 2.36. The van der Waals surface area contributed by atoms with Gasteiger partial charge in [0.15, 0.2) is 0 Å². The van der Waals surface area contributed by atoms with Gasteiger partial charge in [0.2, 0.25) is 0 Å². The molecule has 0 unspecified atom stereocenters. The zero-order chi connectivity index (χ0) is 14.5. The Morgan fingerprint density at radius 1 is 1.15 bits per heavy atom. The quantitative estimate of drug-likeness (QED) is 0.672. The molecule has 2 fully saturated rings. The zero-order valence-electron chi connectivity index (χ0n) is 13.8. The predicted octanol–water partition coefficient (Wildman–Crippen LogP) is 4.95. The standard InChI is InChI=1S/C19H32O/c1-5-17-16-7-6-13-12-19(4,20)11-9-14(13)15(16)8-10-18(17,2)3/h6,14-17,20H,5,7-12H2,1-4H3/t14-,15+,16+,17-,19-/m0/s1. The molecule has 5 atom stereocenters. The third-order valence-corrected chi connectivity index (χ3v) is 6.86. The van der Waals surface area contributed by atoms with E-state index in [1.807, 2.05) is 6.92 Å². The van der Waals surface area contributed by atoms with Gasteiger partial charge in [-0.2, -0.15) is 0 Å². The smallest absolute Gasteiger partial charge is 0.0657 e. The fourth-order valence-electron chi connectivity index (χ4n) is 5.82. The molecule has 0 saturated heterocycles. The van der Waals surface area contributed by atoms with E-state index in [9.17, 15) is 5.11 Å². The summed E-state index contributed by atoms with van der Waals surface area (Å²) in [5.74, 6) is 3.49. The first-order valence-corrected chi connectivity index (χ1v) is 8.75. The van der Waals surface area contributed by atoms with E-state index in [1.165, 1.54) is 32.1 Å². The van der Waals surface area contributed by atoms with Crippen LogP contribution in [0.25, 0.3) is 0 Å². The molecule has 0 aromatic carbocycles. The molecule has 0 aliphatic heterocycles. The van der Waals surface area contributed by atoms with Crippen molar-refractivity contribution in [3.63, 3.8) is 0 Å². The van der Waals surface area contributed by atoms with Crippen LogP contribution in [0.2, 0.25) is 0 Å². The Bertz CT molecular complexity index is 404. The molecule has 0 radical (unpaired) electrons.